The molecule has 0 fully saturated rings. The number of nitrogens with one attached hydrogen (secondary N) is 2. The normalized spacial score (nSPS) is 11.9. The van der Waals surface area contributed by atoms with Crippen molar-refractivity contribution in [2.24, 2.45) is 0 Å². The SMILES string of the molecule is C[C@H](OC(=O)CCCc1c[nH]c2ccccc12)C(=O)Nc1ccc(Cl)cc1. The third-order valence-corrected chi connectivity index (χ3v) is 4.54. The summed E-state index contributed by atoms with van der Waals surface area (Å²) in [6.45, 7) is 1.56. The van der Waals surface area contributed by atoms with Crippen molar-refractivity contribution in [1.29, 1.82) is 0 Å². The molecule has 2 aromatic carbocycles. The van der Waals surface area contributed by atoms with Crippen LogP contribution in [-0.2, 0) is 20.7 Å². The summed E-state index contributed by atoms with van der Waals surface area (Å²) in [5.41, 5.74) is 2.86. The van der Waals surface area contributed by atoms with Crippen molar-refractivity contribution in [3.8, 4) is 0 Å². The molecule has 27 heavy (non-hydrogen) atoms. The average molecular weight is 385 g/mol. The number of benzene rings is 2. The highest BCUT2D eigenvalue weighted by atomic mass is 35.5. The molecule has 0 aliphatic carbocycles. The third kappa shape index (κ3) is 5.11. The van der Waals surface area contributed by atoms with E-state index < -0.39 is 6.10 Å². The number of hydrogen-bond donors (Lipinski definition) is 2. The number of halogens is 1. The maximum atomic E-state index is 12.1. The van der Waals surface area contributed by atoms with E-state index in [1.54, 1.807) is 31.2 Å². The van der Waals surface area contributed by atoms with Gasteiger partial charge in [0.2, 0.25) is 0 Å². The largest absolute Gasteiger partial charge is 0.453 e. The molecule has 0 unspecified atom stereocenters. The van der Waals surface area contributed by atoms with Crippen molar-refractivity contribution >= 4 is 40.1 Å². The van der Waals surface area contributed by atoms with E-state index in [0.717, 1.165) is 11.9 Å². The first-order valence-electron chi connectivity index (χ1n) is 8.84. The Labute approximate surface area is 162 Å². The number of aryl methyl sites for hydroxylation is 1. The van der Waals surface area contributed by atoms with E-state index in [1.165, 1.54) is 10.9 Å². The molecule has 1 atom stereocenters. The van der Waals surface area contributed by atoms with Gasteiger partial charge in [0.25, 0.3) is 5.91 Å². The van der Waals surface area contributed by atoms with E-state index in [1.807, 2.05) is 24.4 Å². The first-order valence-corrected chi connectivity index (χ1v) is 9.21. The van der Waals surface area contributed by atoms with E-state index in [9.17, 15) is 9.59 Å². The minimum absolute atomic E-state index is 0.262. The van der Waals surface area contributed by atoms with Crippen LogP contribution in [0, 0.1) is 0 Å². The molecule has 3 rings (SSSR count). The number of aromatic amines is 1. The highest BCUT2D eigenvalue weighted by Gasteiger charge is 2.18. The number of hydrogen-bond acceptors (Lipinski definition) is 3. The van der Waals surface area contributed by atoms with Crippen LogP contribution in [0.3, 0.4) is 0 Å². The van der Waals surface area contributed by atoms with Crippen molar-refractivity contribution in [3.63, 3.8) is 0 Å². The lowest BCUT2D eigenvalue weighted by molar-refractivity contribution is -0.153. The van der Waals surface area contributed by atoms with Crippen LogP contribution >= 0.6 is 11.6 Å². The molecule has 6 heteroatoms. The Balaban J connectivity index is 1.44. The number of fused-ring (bicyclic) bond motifs is 1. The molecule has 0 aliphatic heterocycles. The fourth-order valence-electron chi connectivity index (χ4n) is 2.85. The topological polar surface area (TPSA) is 71.2 Å². The van der Waals surface area contributed by atoms with Gasteiger partial charge in [0.05, 0.1) is 0 Å². The molecule has 140 valence electrons. The summed E-state index contributed by atoms with van der Waals surface area (Å²) in [4.78, 5) is 27.4. The van der Waals surface area contributed by atoms with E-state index in [4.69, 9.17) is 16.3 Å². The zero-order valence-electron chi connectivity index (χ0n) is 15.0. The lowest BCUT2D eigenvalue weighted by Crippen LogP contribution is -2.29. The summed E-state index contributed by atoms with van der Waals surface area (Å²) in [5.74, 6) is -0.754. The molecule has 1 aromatic heterocycles. The minimum atomic E-state index is -0.860. The molecule has 0 bridgehead atoms. The number of ether oxygens (including phenoxy) is 1. The summed E-state index contributed by atoms with van der Waals surface area (Å²) in [5, 5.41) is 4.45. The Morgan fingerprint density at radius 2 is 1.89 bits per heavy atom. The first-order chi connectivity index (χ1) is 13.0. The van der Waals surface area contributed by atoms with Crippen LogP contribution in [0.4, 0.5) is 5.69 Å². The third-order valence-electron chi connectivity index (χ3n) is 4.29. The van der Waals surface area contributed by atoms with Crippen LogP contribution in [0.25, 0.3) is 10.9 Å². The van der Waals surface area contributed by atoms with Crippen molar-refractivity contribution < 1.29 is 14.3 Å². The van der Waals surface area contributed by atoms with Crippen molar-refractivity contribution in [2.75, 3.05) is 5.32 Å². The van der Waals surface area contributed by atoms with E-state index in [-0.39, 0.29) is 18.3 Å². The Hall–Kier alpha value is -2.79. The number of esters is 1. The molecule has 5 nitrogen and oxygen atoms in total. The lowest BCUT2D eigenvalue weighted by atomic mass is 10.1. The molecule has 3 aromatic rings. The molecule has 0 saturated carbocycles. The Morgan fingerprint density at radius 1 is 1.15 bits per heavy atom. The van der Waals surface area contributed by atoms with E-state index in [2.05, 4.69) is 16.4 Å². The van der Waals surface area contributed by atoms with Crippen molar-refractivity contribution in [2.45, 2.75) is 32.3 Å². The minimum Gasteiger partial charge on any atom is -0.453 e. The predicted octanol–water partition coefficient (Wildman–Crippen LogP) is 4.71. The molecule has 0 spiro atoms. The van der Waals surface area contributed by atoms with Crippen molar-refractivity contribution in [1.82, 2.24) is 4.98 Å². The van der Waals surface area contributed by atoms with Crippen LogP contribution in [0.1, 0.15) is 25.3 Å². The number of aromatic nitrogens is 1. The van der Waals surface area contributed by atoms with Gasteiger partial charge in [-0.2, -0.15) is 0 Å². The van der Waals surface area contributed by atoms with Crippen molar-refractivity contribution in [3.05, 3.63) is 65.3 Å². The first kappa shape index (κ1) is 19.0. The van der Waals surface area contributed by atoms with Gasteiger partial charge < -0.3 is 15.0 Å². The zero-order valence-corrected chi connectivity index (χ0v) is 15.8. The van der Waals surface area contributed by atoms with Gasteiger partial charge in [-0.25, -0.2) is 0 Å². The highest BCUT2D eigenvalue weighted by Crippen LogP contribution is 2.19. The highest BCUT2D eigenvalue weighted by molar-refractivity contribution is 6.30. The Bertz CT molecular complexity index is 934. The second-order valence-electron chi connectivity index (χ2n) is 6.34. The van der Waals surface area contributed by atoms with Crippen LogP contribution in [0.5, 0.6) is 0 Å². The molecule has 1 amide bonds. The van der Waals surface area contributed by atoms with Gasteiger partial charge in [0, 0.05) is 34.2 Å². The molecular weight excluding hydrogens is 364 g/mol. The Kier molecular flexibility index (Phi) is 6.14. The number of amides is 1. The molecule has 0 saturated heterocycles. The monoisotopic (exact) mass is 384 g/mol. The summed E-state index contributed by atoms with van der Waals surface area (Å²) >= 11 is 5.81. The summed E-state index contributed by atoms with van der Waals surface area (Å²) in [6, 6.07) is 14.8. The molecule has 0 aliphatic rings. The molecule has 0 radical (unpaired) electrons. The van der Waals surface area contributed by atoms with Gasteiger partial charge >= 0.3 is 5.97 Å². The number of para-hydroxylation sites is 1. The van der Waals surface area contributed by atoms with E-state index >= 15 is 0 Å². The van der Waals surface area contributed by atoms with E-state index in [0.29, 0.717) is 17.1 Å². The Morgan fingerprint density at radius 3 is 2.67 bits per heavy atom. The maximum Gasteiger partial charge on any atom is 0.306 e. The second-order valence-corrected chi connectivity index (χ2v) is 6.78. The average Bonchev–Trinajstić information content (AvgIpc) is 3.07. The fourth-order valence-corrected chi connectivity index (χ4v) is 2.97. The molecule has 2 N–H and O–H groups in total. The smallest absolute Gasteiger partial charge is 0.306 e. The van der Waals surface area contributed by atoms with Crippen LogP contribution in [0.15, 0.2) is 54.7 Å². The molecular formula is C21H21ClN2O3. The van der Waals surface area contributed by atoms with Gasteiger partial charge in [-0.15, -0.1) is 0 Å². The number of rotatable bonds is 7. The van der Waals surface area contributed by atoms with Crippen LogP contribution in [-0.4, -0.2) is 23.0 Å². The van der Waals surface area contributed by atoms with Gasteiger partial charge in [0.1, 0.15) is 0 Å². The standard InChI is InChI=1S/C21H21ClN2O3/c1-14(21(26)24-17-11-9-16(22)10-12-17)27-20(25)8-4-5-15-13-23-19-7-3-2-6-18(15)19/h2-3,6-7,9-14,23H,4-5,8H2,1H3,(H,24,26)/t14-/m0/s1. The molecule has 1 heterocycles. The predicted molar refractivity (Wildman–Crippen MR) is 107 cm³/mol. The van der Waals surface area contributed by atoms with Gasteiger partial charge in [0.15, 0.2) is 6.10 Å². The number of carbonyl (C=O) groups excluding carboxylic acids is 2. The van der Waals surface area contributed by atoms with Crippen LogP contribution < -0.4 is 5.32 Å². The second kappa shape index (κ2) is 8.73. The van der Waals surface area contributed by atoms with Crippen LogP contribution in [0.2, 0.25) is 5.02 Å². The number of carbonyl (C=O) groups is 2. The van der Waals surface area contributed by atoms with Gasteiger partial charge in [-0.1, -0.05) is 29.8 Å². The summed E-state index contributed by atoms with van der Waals surface area (Å²) < 4.78 is 5.23. The van der Waals surface area contributed by atoms with Gasteiger partial charge in [-0.3, -0.25) is 9.59 Å². The quantitative estimate of drug-likeness (QED) is 0.579. The number of anilines is 1. The zero-order chi connectivity index (χ0) is 19.2. The lowest BCUT2D eigenvalue weighted by Gasteiger charge is -2.13. The maximum absolute atomic E-state index is 12.1. The van der Waals surface area contributed by atoms with Gasteiger partial charge in [-0.05, 0) is 55.7 Å². The number of H-pyrrole nitrogens is 1. The summed E-state index contributed by atoms with van der Waals surface area (Å²) in [7, 11) is 0. The fraction of sp³-hybridized carbons (Fsp3) is 0.238. The summed E-state index contributed by atoms with van der Waals surface area (Å²) in [6.07, 6.45) is 2.80.